The fourth-order valence-corrected chi connectivity index (χ4v) is 5.42. The molecule has 2 saturated heterocycles. The molecule has 2 aliphatic rings. The lowest BCUT2D eigenvalue weighted by atomic mass is 9.92. The van der Waals surface area contributed by atoms with E-state index in [9.17, 15) is 0 Å². The lowest BCUT2D eigenvalue weighted by Crippen LogP contribution is -2.58. The van der Waals surface area contributed by atoms with Crippen molar-refractivity contribution in [2.45, 2.75) is 48.5 Å². The van der Waals surface area contributed by atoms with Gasteiger partial charge in [-0.1, -0.05) is 97.5 Å². The van der Waals surface area contributed by atoms with Gasteiger partial charge in [-0.3, -0.25) is 0 Å². The molecule has 2 aliphatic heterocycles. The van der Waals surface area contributed by atoms with E-state index in [1.807, 2.05) is 54.6 Å². The third-order valence-corrected chi connectivity index (χ3v) is 7.31. The molecule has 0 N–H and O–H groups in total. The molecule has 0 aromatic heterocycles. The number of hydrogen-bond donors (Lipinski definition) is 0. The zero-order chi connectivity index (χ0) is 21.8. The van der Waals surface area contributed by atoms with Gasteiger partial charge in [0.15, 0.2) is 6.29 Å². The predicted octanol–water partition coefficient (Wildman–Crippen LogP) is 5.84. The van der Waals surface area contributed by atoms with E-state index in [0.29, 0.717) is 13.2 Å². The van der Waals surface area contributed by atoms with Gasteiger partial charge in [0, 0.05) is 16.4 Å². The maximum Gasteiger partial charge on any atom is 0.184 e. The molecule has 5 rings (SSSR count). The topological polar surface area (TPSA) is 36.9 Å². The van der Waals surface area contributed by atoms with E-state index >= 15 is 0 Å². The average Bonchev–Trinajstić information content (AvgIpc) is 2.86. The lowest BCUT2D eigenvalue weighted by molar-refractivity contribution is -0.317. The summed E-state index contributed by atoms with van der Waals surface area (Å²) < 4.78 is 25.6. The molecule has 2 heterocycles. The molecule has 32 heavy (non-hydrogen) atoms. The third kappa shape index (κ3) is 4.92. The molecule has 4 nitrogen and oxygen atoms in total. The molecule has 6 unspecified atom stereocenters. The molecule has 0 spiro atoms. The SMILES string of the molecule is CC1C(Sc2ccccc2)OC2COC(c3ccccc3)OC2C1OCc1ccccc1. The number of benzene rings is 3. The summed E-state index contributed by atoms with van der Waals surface area (Å²) in [7, 11) is 0. The first-order valence-electron chi connectivity index (χ1n) is 11.1. The molecule has 3 aromatic rings. The summed E-state index contributed by atoms with van der Waals surface area (Å²) in [6.07, 6.45) is -0.881. The Bertz CT molecular complexity index is 969. The normalized spacial score (nSPS) is 29.9. The molecule has 3 aromatic carbocycles. The van der Waals surface area contributed by atoms with Crippen molar-refractivity contribution in [1.29, 1.82) is 0 Å². The van der Waals surface area contributed by atoms with Crippen molar-refractivity contribution in [2.75, 3.05) is 6.61 Å². The second kappa shape index (κ2) is 10.2. The lowest BCUT2D eigenvalue weighted by Gasteiger charge is -2.48. The summed E-state index contributed by atoms with van der Waals surface area (Å²) >= 11 is 1.74. The van der Waals surface area contributed by atoms with Crippen molar-refractivity contribution >= 4 is 11.8 Å². The summed E-state index contributed by atoms with van der Waals surface area (Å²) in [5, 5.41) is 0. The van der Waals surface area contributed by atoms with Crippen molar-refractivity contribution in [3.8, 4) is 0 Å². The fourth-order valence-electron chi connectivity index (χ4n) is 4.27. The summed E-state index contributed by atoms with van der Waals surface area (Å²) in [5.74, 6) is 0.139. The van der Waals surface area contributed by atoms with Gasteiger partial charge in [0.2, 0.25) is 0 Å². The minimum absolute atomic E-state index is 0.0418. The summed E-state index contributed by atoms with van der Waals surface area (Å²) in [6.45, 7) is 3.22. The maximum atomic E-state index is 6.53. The van der Waals surface area contributed by atoms with Crippen molar-refractivity contribution in [2.24, 2.45) is 5.92 Å². The average molecular weight is 449 g/mol. The molecule has 0 saturated carbocycles. The summed E-state index contributed by atoms with van der Waals surface area (Å²) in [5.41, 5.74) is 2.13. The molecule has 166 valence electrons. The standard InChI is InChI=1S/C27H28O4S/c1-19-24(28-17-20-11-5-2-6-12-20)25-23(30-27(19)32-22-15-9-4-10-16-22)18-29-26(31-25)21-13-7-3-8-14-21/h2-16,19,23-27H,17-18H2,1H3. The van der Waals surface area contributed by atoms with Crippen LogP contribution in [0.2, 0.25) is 0 Å². The van der Waals surface area contributed by atoms with Crippen LogP contribution in [0.1, 0.15) is 24.3 Å². The number of thioether (sulfide) groups is 1. The minimum Gasteiger partial charge on any atom is -0.370 e. The van der Waals surface area contributed by atoms with Gasteiger partial charge in [0.05, 0.1) is 19.3 Å². The number of fused-ring (bicyclic) bond motifs is 1. The quantitative estimate of drug-likeness (QED) is 0.474. The van der Waals surface area contributed by atoms with Crippen LogP contribution in [0.4, 0.5) is 0 Å². The smallest absolute Gasteiger partial charge is 0.184 e. The molecule has 5 heteroatoms. The summed E-state index contributed by atoms with van der Waals surface area (Å²) in [4.78, 5) is 1.18. The molecular weight excluding hydrogens is 420 g/mol. The Hall–Kier alpha value is -2.15. The molecule has 0 bridgehead atoms. The van der Waals surface area contributed by atoms with Gasteiger partial charge in [-0.2, -0.15) is 0 Å². The first-order chi connectivity index (χ1) is 15.8. The number of ether oxygens (including phenoxy) is 4. The molecule has 6 atom stereocenters. The Kier molecular flexibility index (Phi) is 6.91. The van der Waals surface area contributed by atoms with E-state index in [2.05, 4.69) is 43.3 Å². The Morgan fingerprint density at radius 3 is 2.22 bits per heavy atom. The van der Waals surface area contributed by atoms with Crippen LogP contribution in [0.3, 0.4) is 0 Å². The monoisotopic (exact) mass is 448 g/mol. The first kappa shape index (κ1) is 21.7. The zero-order valence-electron chi connectivity index (χ0n) is 18.1. The highest BCUT2D eigenvalue weighted by Crippen LogP contribution is 2.42. The van der Waals surface area contributed by atoms with Crippen molar-refractivity contribution in [3.05, 3.63) is 102 Å². The van der Waals surface area contributed by atoms with Crippen molar-refractivity contribution in [1.82, 2.24) is 0 Å². The number of rotatable bonds is 6. The van der Waals surface area contributed by atoms with Crippen LogP contribution >= 0.6 is 11.8 Å². The molecule has 0 radical (unpaired) electrons. The Labute approximate surface area is 193 Å². The Morgan fingerprint density at radius 1 is 0.844 bits per heavy atom. The highest BCUT2D eigenvalue weighted by Gasteiger charge is 2.49. The van der Waals surface area contributed by atoms with E-state index in [1.54, 1.807) is 11.8 Å². The fraction of sp³-hybridized carbons (Fsp3) is 0.333. The zero-order valence-corrected chi connectivity index (χ0v) is 18.9. The van der Waals surface area contributed by atoms with Crippen LogP contribution in [0.25, 0.3) is 0 Å². The van der Waals surface area contributed by atoms with Crippen LogP contribution in [0.5, 0.6) is 0 Å². The highest BCUT2D eigenvalue weighted by molar-refractivity contribution is 7.99. The van der Waals surface area contributed by atoms with Gasteiger partial charge in [-0.05, 0) is 17.7 Å². The van der Waals surface area contributed by atoms with Crippen LogP contribution in [-0.4, -0.2) is 30.4 Å². The van der Waals surface area contributed by atoms with Gasteiger partial charge >= 0.3 is 0 Å². The maximum absolute atomic E-state index is 6.53. The van der Waals surface area contributed by atoms with Gasteiger partial charge in [-0.25, -0.2) is 0 Å². The van der Waals surface area contributed by atoms with Crippen molar-refractivity contribution < 1.29 is 18.9 Å². The van der Waals surface area contributed by atoms with Crippen molar-refractivity contribution in [3.63, 3.8) is 0 Å². The van der Waals surface area contributed by atoms with Crippen LogP contribution in [0.15, 0.2) is 95.9 Å². The Morgan fingerprint density at radius 2 is 1.50 bits per heavy atom. The van der Waals surface area contributed by atoms with Gasteiger partial charge in [-0.15, -0.1) is 0 Å². The van der Waals surface area contributed by atoms with E-state index in [1.165, 1.54) is 4.90 Å². The number of hydrogen-bond acceptors (Lipinski definition) is 5. The largest absolute Gasteiger partial charge is 0.370 e. The molecular formula is C27H28O4S. The first-order valence-corrected chi connectivity index (χ1v) is 12.0. The Balaban J connectivity index is 1.36. The van der Waals surface area contributed by atoms with Gasteiger partial charge < -0.3 is 18.9 Å². The van der Waals surface area contributed by atoms with Gasteiger partial charge in [0.25, 0.3) is 0 Å². The van der Waals surface area contributed by atoms with Crippen LogP contribution in [0, 0.1) is 5.92 Å². The molecule has 0 amide bonds. The molecule has 2 fully saturated rings. The second-order valence-corrected chi connectivity index (χ2v) is 9.44. The summed E-state index contributed by atoms with van der Waals surface area (Å²) in [6, 6.07) is 30.7. The second-order valence-electron chi connectivity index (χ2n) is 8.27. The van der Waals surface area contributed by atoms with E-state index in [-0.39, 0.29) is 29.7 Å². The van der Waals surface area contributed by atoms with E-state index < -0.39 is 6.29 Å². The minimum atomic E-state index is -0.408. The van der Waals surface area contributed by atoms with E-state index in [0.717, 1.165) is 11.1 Å². The van der Waals surface area contributed by atoms with Gasteiger partial charge in [0.1, 0.15) is 17.6 Å². The predicted molar refractivity (Wildman–Crippen MR) is 125 cm³/mol. The van der Waals surface area contributed by atoms with E-state index in [4.69, 9.17) is 18.9 Å². The third-order valence-electron chi connectivity index (χ3n) is 5.99. The highest BCUT2D eigenvalue weighted by atomic mass is 32.2. The van der Waals surface area contributed by atoms with Crippen LogP contribution in [-0.2, 0) is 25.6 Å². The van der Waals surface area contributed by atoms with Crippen LogP contribution < -0.4 is 0 Å². The molecule has 0 aliphatic carbocycles.